The maximum atomic E-state index is 12.8. The summed E-state index contributed by atoms with van der Waals surface area (Å²) in [7, 11) is 0. The van der Waals surface area contributed by atoms with Crippen molar-refractivity contribution in [3.8, 4) is 0 Å². The number of aromatic nitrogens is 2. The van der Waals surface area contributed by atoms with Gasteiger partial charge in [-0.3, -0.25) is 14.4 Å². The number of aliphatic carboxylic acids is 1. The third-order valence-corrected chi connectivity index (χ3v) is 5.23. The molecule has 1 heterocycles. The number of imidazole rings is 1. The number of carboxylic acids is 1. The van der Waals surface area contributed by atoms with E-state index in [0.29, 0.717) is 12.1 Å². The van der Waals surface area contributed by atoms with E-state index in [0.717, 1.165) is 5.56 Å². The molecule has 0 unspecified atom stereocenters. The normalized spacial score (nSPS) is 14.5. The van der Waals surface area contributed by atoms with Gasteiger partial charge >= 0.3 is 5.97 Å². The number of H-pyrrole nitrogens is 1. The van der Waals surface area contributed by atoms with Crippen molar-refractivity contribution >= 4 is 23.7 Å². The van der Waals surface area contributed by atoms with Crippen LogP contribution in [0.3, 0.4) is 0 Å². The smallest absolute Gasteiger partial charge is 0.326 e. The van der Waals surface area contributed by atoms with Gasteiger partial charge in [-0.25, -0.2) is 9.78 Å². The Kier molecular flexibility index (Phi) is 9.75. The molecule has 7 N–H and O–H groups in total. The molecule has 3 amide bonds. The molecule has 0 saturated carbocycles. The van der Waals surface area contributed by atoms with E-state index in [-0.39, 0.29) is 12.3 Å². The van der Waals surface area contributed by atoms with Gasteiger partial charge in [-0.1, -0.05) is 44.2 Å². The number of benzene rings is 1. The highest BCUT2D eigenvalue weighted by molar-refractivity contribution is 5.94. The van der Waals surface area contributed by atoms with Gasteiger partial charge in [0.1, 0.15) is 18.1 Å². The van der Waals surface area contributed by atoms with E-state index in [9.17, 15) is 24.3 Å². The van der Waals surface area contributed by atoms with Gasteiger partial charge in [0, 0.05) is 18.3 Å². The maximum Gasteiger partial charge on any atom is 0.326 e. The van der Waals surface area contributed by atoms with Crippen molar-refractivity contribution in [2.75, 3.05) is 0 Å². The predicted molar refractivity (Wildman–Crippen MR) is 124 cm³/mol. The summed E-state index contributed by atoms with van der Waals surface area (Å²) in [5, 5.41) is 17.0. The zero-order valence-electron chi connectivity index (χ0n) is 19.4. The molecule has 0 aliphatic heterocycles. The molecule has 0 aliphatic carbocycles. The molecule has 0 fully saturated rings. The highest BCUT2D eigenvalue weighted by Gasteiger charge is 2.30. The van der Waals surface area contributed by atoms with Gasteiger partial charge in [-0.15, -0.1) is 0 Å². The fraction of sp³-hybridized carbons (Fsp3) is 0.435. The Morgan fingerprint density at radius 3 is 2.21 bits per heavy atom. The van der Waals surface area contributed by atoms with Crippen LogP contribution >= 0.6 is 0 Å². The summed E-state index contributed by atoms with van der Waals surface area (Å²) in [6.07, 6.45) is 3.19. The monoisotopic (exact) mass is 472 g/mol. The summed E-state index contributed by atoms with van der Waals surface area (Å²) >= 11 is 0. The minimum absolute atomic E-state index is 0.00567. The molecule has 11 heteroatoms. The van der Waals surface area contributed by atoms with E-state index in [1.54, 1.807) is 13.8 Å². The van der Waals surface area contributed by atoms with Crippen LogP contribution in [0, 0.1) is 5.92 Å². The van der Waals surface area contributed by atoms with E-state index in [1.165, 1.54) is 19.4 Å². The zero-order chi connectivity index (χ0) is 25.3. The number of nitrogens with one attached hydrogen (secondary N) is 4. The number of carbonyl (C=O) groups is 4. The van der Waals surface area contributed by atoms with Gasteiger partial charge in [0.25, 0.3) is 0 Å². The highest BCUT2D eigenvalue weighted by Crippen LogP contribution is 2.06. The molecule has 11 nitrogen and oxygen atoms in total. The predicted octanol–water partition coefficient (Wildman–Crippen LogP) is -0.263. The fourth-order valence-electron chi connectivity index (χ4n) is 3.24. The molecule has 0 radical (unpaired) electrons. The van der Waals surface area contributed by atoms with Gasteiger partial charge in [-0.05, 0) is 24.8 Å². The lowest BCUT2D eigenvalue weighted by molar-refractivity contribution is -0.142. The molecule has 0 spiro atoms. The minimum atomic E-state index is -1.22. The van der Waals surface area contributed by atoms with Crippen molar-refractivity contribution in [2.45, 2.75) is 57.8 Å². The van der Waals surface area contributed by atoms with Crippen LogP contribution in [-0.4, -0.2) is 62.9 Å². The topological polar surface area (TPSA) is 179 Å². The first-order valence-corrected chi connectivity index (χ1v) is 11.0. The molecule has 0 bridgehead atoms. The molecule has 1 aromatic carbocycles. The Morgan fingerprint density at radius 2 is 1.65 bits per heavy atom. The molecular formula is C23H32N6O5. The molecule has 184 valence electrons. The minimum Gasteiger partial charge on any atom is -0.480 e. The number of amides is 3. The molecule has 0 saturated heterocycles. The summed E-state index contributed by atoms with van der Waals surface area (Å²) < 4.78 is 0. The van der Waals surface area contributed by atoms with Crippen molar-refractivity contribution in [1.29, 1.82) is 0 Å². The van der Waals surface area contributed by atoms with E-state index < -0.39 is 47.9 Å². The molecule has 2 aromatic rings. The zero-order valence-corrected chi connectivity index (χ0v) is 19.4. The second-order valence-electron chi connectivity index (χ2n) is 8.44. The van der Waals surface area contributed by atoms with E-state index >= 15 is 0 Å². The van der Waals surface area contributed by atoms with Crippen LogP contribution in [0.1, 0.15) is 32.0 Å². The lowest BCUT2D eigenvalue weighted by atomic mass is 10.0. The largest absolute Gasteiger partial charge is 0.480 e. The SMILES string of the molecule is CC(C)[C@H](NC(=O)[C@@H](N)Cc1ccccc1)C(=O)N[C@@H](C)C(=O)N[C@@H](Cc1cnc[nH]1)C(=O)O. The van der Waals surface area contributed by atoms with Gasteiger partial charge in [0.15, 0.2) is 0 Å². The van der Waals surface area contributed by atoms with Crippen LogP contribution in [0.4, 0.5) is 0 Å². The molecule has 1 aromatic heterocycles. The average molecular weight is 473 g/mol. The molecule has 4 atom stereocenters. The maximum absolute atomic E-state index is 12.8. The second-order valence-corrected chi connectivity index (χ2v) is 8.44. The first-order chi connectivity index (χ1) is 16.1. The van der Waals surface area contributed by atoms with Crippen LogP contribution in [0.15, 0.2) is 42.9 Å². The molecule has 0 aliphatic rings. The molecule has 34 heavy (non-hydrogen) atoms. The number of aromatic amines is 1. The lowest BCUT2D eigenvalue weighted by Gasteiger charge is -2.25. The average Bonchev–Trinajstić information content (AvgIpc) is 3.30. The first-order valence-electron chi connectivity index (χ1n) is 11.0. The molecule has 2 rings (SSSR count). The Morgan fingerprint density at radius 1 is 0.971 bits per heavy atom. The third-order valence-electron chi connectivity index (χ3n) is 5.23. The third kappa shape index (κ3) is 8.00. The molecular weight excluding hydrogens is 440 g/mol. The van der Waals surface area contributed by atoms with Crippen LogP contribution in [0.5, 0.6) is 0 Å². The lowest BCUT2D eigenvalue weighted by Crippen LogP contribution is -2.58. The second kappa shape index (κ2) is 12.5. The van der Waals surface area contributed by atoms with Crippen LogP contribution in [-0.2, 0) is 32.0 Å². The summed E-state index contributed by atoms with van der Waals surface area (Å²) in [4.78, 5) is 56.1. The number of rotatable bonds is 12. The number of nitrogens with two attached hydrogens (primary N) is 1. The number of hydrogen-bond acceptors (Lipinski definition) is 6. The van der Waals surface area contributed by atoms with Crippen molar-refractivity contribution in [1.82, 2.24) is 25.9 Å². The number of carboxylic acid groups (broad SMARTS) is 1. The van der Waals surface area contributed by atoms with Gasteiger partial charge in [0.05, 0.1) is 12.4 Å². The quantitative estimate of drug-likeness (QED) is 0.246. The number of nitrogens with zero attached hydrogens (tertiary/aromatic N) is 1. The summed E-state index contributed by atoms with van der Waals surface area (Å²) in [6.45, 7) is 4.94. The van der Waals surface area contributed by atoms with Crippen LogP contribution < -0.4 is 21.7 Å². The van der Waals surface area contributed by atoms with Gasteiger partial charge in [-0.2, -0.15) is 0 Å². The number of carbonyl (C=O) groups excluding carboxylic acids is 3. The van der Waals surface area contributed by atoms with Gasteiger partial charge < -0.3 is 31.8 Å². The van der Waals surface area contributed by atoms with Crippen molar-refractivity contribution in [3.63, 3.8) is 0 Å². The Bertz CT molecular complexity index is 963. The van der Waals surface area contributed by atoms with Crippen molar-refractivity contribution in [3.05, 3.63) is 54.1 Å². The summed E-state index contributed by atoms with van der Waals surface area (Å²) in [5.41, 5.74) is 7.45. The summed E-state index contributed by atoms with van der Waals surface area (Å²) in [5.74, 6) is -3.23. The van der Waals surface area contributed by atoms with Crippen LogP contribution in [0.2, 0.25) is 0 Å². The standard InChI is InChI=1S/C23H32N6O5/c1-13(2)19(29-21(31)17(24)9-15-7-5-4-6-8-15)22(32)27-14(3)20(30)28-18(23(33)34)10-16-11-25-12-26-16/h4-8,11-14,17-19H,9-10,24H2,1-3H3,(H,25,26)(H,27,32)(H,28,30)(H,29,31)(H,33,34)/t14-,17-,18-,19-/m0/s1. The van der Waals surface area contributed by atoms with Crippen LogP contribution in [0.25, 0.3) is 0 Å². The van der Waals surface area contributed by atoms with Gasteiger partial charge in [0.2, 0.25) is 17.7 Å². The van der Waals surface area contributed by atoms with Crippen molar-refractivity contribution < 1.29 is 24.3 Å². The Labute approximate surface area is 197 Å². The van der Waals surface area contributed by atoms with E-state index in [4.69, 9.17) is 5.73 Å². The fourth-order valence-corrected chi connectivity index (χ4v) is 3.24. The van der Waals surface area contributed by atoms with E-state index in [1.807, 2.05) is 30.3 Å². The Hall–Kier alpha value is -3.73. The Balaban J connectivity index is 1.94. The highest BCUT2D eigenvalue weighted by atomic mass is 16.4. The van der Waals surface area contributed by atoms with Crippen molar-refractivity contribution in [2.24, 2.45) is 11.7 Å². The number of hydrogen-bond donors (Lipinski definition) is 6. The van der Waals surface area contributed by atoms with E-state index in [2.05, 4.69) is 25.9 Å². The summed E-state index contributed by atoms with van der Waals surface area (Å²) in [6, 6.07) is 5.26. The first kappa shape index (κ1) is 26.5.